The lowest BCUT2D eigenvalue weighted by Crippen LogP contribution is -2.44. The van der Waals surface area contributed by atoms with Crippen LogP contribution in [0, 0.1) is 0 Å². The predicted molar refractivity (Wildman–Crippen MR) is 89.9 cm³/mol. The molecule has 0 fully saturated rings. The summed E-state index contributed by atoms with van der Waals surface area (Å²) in [5.74, 6) is 0.0194. The summed E-state index contributed by atoms with van der Waals surface area (Å²) < 4.78 is 11.9. The Kier molecular flexibility index (Phi) is 6.11. The van der Waals surface area contributed by atoms with E-state index in [1.165, 1.54) is 15.8 Å². The van der Waals surface area contributed by atoms with Gasteiger partial charge in [0.05, 0.1) is 0 Å². The molecule has 1 aromatic rings. The molecule has 0 radical (unpaired) electrons. The van der Waals surface area contributed by atoms with Gasteiger partial charge in [-0.2, -0.15) is 5.10 Å². The molecule has 0 unspecified atom stereocenters. The average molecular weight is 338 g/mol. The summed E-state index contributed by atoms with van der Waals surface area (Å²) in [5, 5.41) is 4.04. The van der Waals surface area contributed by atoms with Gasteiger partial charge in [0.15, 0.2) is 0 Å². The molecular formula is C16H26N4O4. The average Bonchev–Trinajstić information content (AvgIpc) is 2.87. The van der Waals surface area contributed by atoms with Gasteiger partial charge in [0.2, 0.25) is 5.96 Å². The highest BCUT2D eigenvalue weighted by Crippen LogP contribution is 2.12. The van der Waals surface area contributed by atoms with Crippen LogP contribution in [-0.4, -0.2) is 50.6 Å². The fourth-order valence-electron chi connectivity index (χ4n) is 1.66. The molecule has 134 valence electrons. The molecule has 0 saturated heterocycles. The van der Waals surface area contributed by atoms with Crippen LogP contribution in [0.3, 0.4) is 0 Å². The van der Waals surface area contributed by atoms with E-state index in [-0.39, 0.29) is 12.5 Å². The molecule has 0 aliphatic rings. The van der Waals surface area contributed by atoms with E-state index in [0.717, 1.165) is 0 Å². The van der Waals surface area contributed by atoms with Crippen LogP contribution in [0.15, 0.2) is 23.5 Å². The Morgan fingerprint density at radius 1 is 1.12 bits per heavy atom. The summed E-state index contributed by atoms with van der Waals surface area (Å²) in [7, 11) is 0. The second kappa shape index (κ2) is 7.46. The second-order valence-corrected chi connectivity index (χ2v) is 7.07. The van der Waals surface area contributed by atoms with Crippen molar-refractivity contribution in [2.24, 2.45) is 4.99 Å². The number of carbonyl (C=O) groups excluding carboxylic acids is 2. The first-order valence-electron chi connectivity index (χ1n) is 7.75. The second-order valence-electron chi connectivity index (χ2n) is 7.07. The lowest BCUT2D eigenvalue weighted by atomic mass is 10.2. The van der Waals surface area contributed by atoms with Crippen LogP contribution < -0.4 is 0 Å². The van der Waals surface area contributed by atoms with Crippen molar-refractivity contribution >= 4 is 18.1 Å². The first-order valence-corrected chi connectivity index (χ1v) is 7.75. The summed E-state index contributed by atoms with van der Waals surface area (Å²) in [5.41, 5.74) is -1.37. The molecule has 1 heterocycles. The van der Waals surface area contributed by atoms with Crippen molar-refractivity contribution in [3.8, 4) is 0 Å². The zero-order valence-electron chi connectivity index (χ0n) is 15.4. The fourth-order valence-corrected chi connectivity index (χ4v) is 1.66. The molecular weight excluding hydrogens is 312 g/mol. The minimum atomic E-state index is -0.810. The SMILES string of the molecule is CCN(C(=O)OC(C)(C)C)/C(=N\C(=O)OC(C)(C)C)n1cccn1. The molecule has 24 heavy (non-hydrogen) atoms. The molecule has 0 N–H and O–H groups in total. The molecule has 1 rings (SSSR count). The number of aliphatic imine (C=N–C) groups is 1. The normalized spacial score (nSPS) is 12.7. The lowest BCUT2D eigenvalue weighted by molar-refractivity contribution is 0.0369. The smallest absolute Gasteiger partial charge is 0.437 e. The van der Waals surface area contributed by atoms with E-state index < -0.39 is 23.4 Å². The molecule has 2 amide bonds. The van der Waals surface area contributed by atoms with Crippen molar-refractivity contribution in [2.45, 2.75) is 59.7 Å². The minimum Gasteiger partial charge on any atom is -0.443 e. The quantitative estimate of drug-likeness (QED) is 0.579. The summed E-state index contributed by atoms with van der Waals surface area (Å²) in [6, 6.07) is 1.66. The van der Waals surface area contributed by atoms with Gasteiger partial charge in [-0.05, 0) is 54.5 Å². The summed E-state index contributed by atoms with van der Waals surface area (Å²) in [6.07, 6.45) is 1.67. The van der Waals surface area contributed by atoms with Crippen LogP contribution >= 0.6 is 0 Å². The first kappa shape index (κ1) is 19.7. The number of aromatic nitrogens is 2. The van der Waals surface area contributed by atoms with Crippen molar-refractivity contribution in [2.75, 3.05) is 6.54 Å². The van der Waals surface area contributed by atoms with Crippen LogP contribution in [0.1, 0.15) is 48.5 Å². The molecule has 0 aromatic carbocycles. The van der Waals surface area contributed by atoms with E-state index in [9.17, 15) is 9.59 Å². The Hall–Kier alpha value is -2.38. The molecule has 1 aromatic heterocycles. The zero-order chi connectivity index (χ0) is 18.5. The number of amides is 2. The van der Waals surface area contributed by atoms with E-state index >= 15 is 0 Å². The summed E-state index contributed by atoms with van der Waals surface area (Å²) >= 11 is 0. The monoisotopic (exact) mass is 338 g/mol. The van der Waals surface area contributed by atoms with Crippen LogP contribution in [0.5, 0.6) is 0 Å². The summed E-state index contributed by atoms with van der Waals surface area (Å²) in [4.78, 5) is 29.6. The van der Waals surface area contributed by atoms with Gasteiger partial charge >= 0.3 is 12.2 Å². The topological polar surface area (TPSA) is 86.0 Å². The maximum atomic E-state index is 12.4. The third-order valence-electron chi connectivity index (χ3n) is 2.47. The number of hydrogen-bond acceptors (Lipinski definition) is 5. The van der Waals surface area contributed by atoms with Crippen molar-refractivity contribution < 1.29 is 19.1 Å². The van der Waals surface area contributed by atoms with Gasteiger partial charge < -0.3 is 9.47 Å². The van der Waals surface area contributed by atoms with Crippen molar-refractivity contribution in [1.82, 2.24) is 14.7 Å². The van der Waals surface area contributed by atoms with Crippen molar-refractivity contribution in [1.29, 1.82) is 0 Å². The molecule has 8 nitrogen and oxygen atoms in total. The minimum absolute atomic E-state index is 0.0194. The van der Waals surface area contributed by atoms with Gasteiger partial charge in [-0.25, -0.2) is 19.2 Å². The summed E-state index contributed by atoms with van der Waals surface area (Å²) in [6.45, 7) is 12.5. The first-order chi connectivity index (χ1) is 10.9. The number of carbonyl (C=O) groups is 2. The van der Waals surface area contributed by atoms with Gasteiger partial charge in [0.1, 0.15) is 11.2 Å². The van der Waals surface area contributed by atoms with Crippen molar-refractivity contribution in [3.05, 3.63) is 18.5 Å². The fraction of sp³-hybridized carbons (Fsp3) is 0.625. The molecule has 8 heteroatoms. The largest absolute Gasteiger partial charge is 0.443 e. The molecule has 0 spiro atoms. The Morgan fingerprint density at radius 3 is 2.12 bits per heavy atom. The molecule has 0 saturated carbocycles. The maximum absolute atomic E-state index is 12.4. The van der Waals surface area contributed by atoms with Crippen LogP contribution in [0.4, 0.5) is 9.59 Å². The zero-order valence-corrected chi connectivity index (χ0v) is 15.4. The van der Waals surface area contributed by atoms with E-state index in [2.05, 4.69) is 10.1 Å². The number of nitrogens with zero attached hydrogens (tertiary/aromatic N) is 4. The Bertz CT molecular complexity index is 595. The van der Waals surface area contributed by atoms with Gasteiger partial charge in [-0.15, -0.1) is 4.99 Å². The van der Waals surface area contributed by atoms with E-state index in [1.54, 1.807) is 60.7 Å². The van der Waals surface area contributed by atoms with Crippen molar-refractivity contribution in [3.63, 3.8) is 0 Å². The molecule has 0 aliphatic heterocycles. The van der Waals surface area contributed by atoms with Gasteiger partial charge in [0, 0.05) is 18.9 Å². The van der Waals surface area contributed by atoms with Gasteiger partial charge in [0.25, 0.3) is 0 Å². The molecule has 0 bridgehead atoms. The van der Waals surface area contributed by atoms with Gasteiger partial charge in [-0.1, -0.05) is 0 Å². The number of hydrogen-bond donors (Lipinski definition) is 0. The van der Waals surface area contributed by atoms with E-state index in [4.69, 9.17) is 9.47 Å². The predicted octanol–water partition coefficient (Wildman–Crippen LogP) is 3.28. The Balaban J connectivity index is 3.17. The van der Waals surface area contributed by atoms with Crippen LogP contribution in [-0.2, 0) is 9.47 Å². The Morgan fingerprint density at radius 2 is 1.71 bits per heavy atom. The van der Waals surface area contributed by atoms with Crippen LogP contribution in [0.25, 0.3) is 0 Å². The number of rotatable bonds is 1. The van der Waals surface area contributed by atoms with E-state index in [0.29, 0.717) is 0 Å². The number of ether oxygens (including phenoxy) is 2. The van der Waals surface area contributed by atoms with Gasteiger partial charge in [-0.3, -0.25) is 0 Å². The molecule has 0 atom stereocenters. The van der Waals surface area contributed by atoms with E-state index in [1.807, 2.05) is 0 Å². The standard InChI is InChI=1S/C16H26N4O4/c1-8-19(14(22)24-16(5,6)7)12(20-11-9-10-17-20)18-13(21)23-15(2,3)4/h9-11H,8H2,1-7H3/b18-12+. The maximum Gasteiger partial charge on any atom is 0.437 e. The lowest BCUT2D eigenvalue weighted by Gasteiger charge is -2.27. The molecule has 0 aliphatic carbocycles. The highest BCUT2D eigenvalue weighted by molar-refractivity contribution is 5.99. The highest BCUT2D eigenvalue weighted by atomic mass is 16.6. The third-order valence-corrected chi connectivity index (χ3v) is 2.47. The Labute approximate surface area is 142 Å². The van der Waals surface area contributed by atoms with Crippen LogP contribution in [0.2, 0.25) is 0 Å². The highest BCUT2D eigenvalue weighted by Gasteiger charge is 2.27. The third kappa shape index (κ3) is 6.39.